The summed E-state index contributed by atoms with van der Waals surface area (Å²) in [7, 11) is -4.27. The Morgan fingerprint density at radius 1 is 0.875 bits per heavy atom. The van der Waals surface area contributed by atoms with E-state index < -0.39 is 28.5 Å². The molecule has 0 aromatic heterocycles. The van der Waals surface area contributed by atoms with Crippen molar-refractivity contribution in [2.75, 3.05) is 17.4 Å². The number of nitrogens with zero attached hydrogens (tertiary/aromatic N) is 2. The monoisotopic (exact) mass is 623 g/mol. The number of hydrogen-bond acceptors (Lipinski definition) is 4. The van der Waals surface area contributed by atoms with Crippen LogP contribution in [0.2, 0.25) is 15.1 Å². The SMILES string of the molecule is Cc1ccc(S(=O)(=O)N(CC(=O)N(Cc2ccccc2Cl)[C@@H](C)C(=O)NCC(C)C)c2cccc(Cl)c2Cl)cc1. The maximum Gasteiger partial charge on any atom is 0.264 e. The van der Waals surface area contributed by atoms with Gasteiger partial charge >= 0.3 is 0 Å². The number of carbonyl (C=O) groups is 2. The molecule has 2 amide bonds. The predicted octanol–water partition coefficient (Wildman–Crippen LogP) is 6.34. The van der Waals surface area contributed by atoms with Crippen molar-refractivity contribution >= 4 is 62.3 Å². The van der Waals surface area contributed by atoms with Gasteiger partial charge in [-0.2, -0.15) is 0 Å². The van der Waals surface area contributed by atoms with Gasteiger partial charge in [-0.25, -0.2) is 8.42 Å². The van der Waals surface area contributed by atoms with Gasteiger partial charge in [-0.1, -0.05) is 90.6 Å². The Hall–Kier alpha value is -2.78. The van der Waals surface area contributed by atoms with Crippen molar-refractivity contribution in [2.24, 2.45) is 5.92 Å². The third-order valence-corrected chi connectivity index (χ3v) is 9.19. The van der Waals surface area contributed by atoms with Crippen LogP contribution in [0.3, 0.4) is 0 Å². The van der Waals surface area contributed by atoms with E-state index in [2.05, 4.69) is 5.32 Å². The molecule has 0 spiro atoms. The van der Waals surface area contributed by atoms with E-state index >= 15 is 0 Å². The second-order valence-electron chi connectivity index (χ2n) is 9.83. The molecule has 0 radical (unpaired) electrons. The molecule has 0 heterocycles. The number of aryl methyl sites for hydroxylation is 1. The minimum Gasteiger partial charge on any atom is -0.354 e. The minimum absolute atomic E-state index is 0.0174. The molecular formula is C29H32Cl3N3O4S. The number of halogens is 3. The Labute approximate surface area is 251 Å². The summed E-state index contributed by atoms with van der Waals surface area (Å²) < 4.78 is 28.7. The zero-order valence-corrected chi connectivity index (χ0v) is 25.8. The molecule has 0 saturated heterocycles. The van der Waals surface area contributed by atoms with Gasteiger partial charge in [0.2, 0.25) is 11.8 Å². The number of carbonyl (C=O) groups excluding carboxylic acids is 2. The standard InChI is InChI=1S/C29H32Cl3N3O4S/c1-19(2)16-33-29(37)21(4)34(17-22-8-5-6-9-24(22)30)27(36)18-35(26-11-7-10-25(31)28(26)32)40(38,39)23-14-12-20(3)13-15-23/h5-15,19,21H,16-18H2,1-4H3,(H,33,37)/t21-/m0/s1. The predicted molar refractivity (Wildman–Crippen MR) is 161 cm³/mol. The third-order valence-electron chi connectivity index (χ3n) is 6.24. The van der Waals surface area contributed by atoms with E-state index in [4.69, 9.17) is 34.8 Å². The fourth-order valence-corrected chi connectivity index (χ4v) is 5.95. The first-order valence-corrected chi connectivity index (χ1v) is 15.2. The molecule has 0 saturated carbocycles. The zero-order valence-electron chi connectivity index (χ0n) is 22.7. The average Bonchev–Trinajstić information content (AvgIpc) is 2.91. The van der Waals surface area contributed by atoms with Crippen LogP contribution in [0.5, 0.6) is 0 Å². The van der Waals surface area contributed by atoms with Gasteiger partial charge in [-0.05, 0) is 55.7 Å². The normalized spacial score (nSPS) is 12.2. The van der Waals surface area contributed by atoms with Crippen molar-refractivity contribution in [3.05, 3.63) is 92.9 Å². The Balaban J connectivity index is 2.07. The molecule has 214 valence electrons. The van der Waals surface area contributed by atoms with Gasteiger partial charge in [0.25, 0.3) is 10.0 Å². The van der Waals surface area contributed by atoms with Crippen molar-refractivity contribution in [1.29, 1.82) is 0 Å². The van der Waals surface area contributed by atoms with Gasteiger partial charge in [0, 0.05) is 18.1 Å². The zero-order chi connectivity index (χ0) is 29.6. The van der Waals surface area contributed by atoms with E-state index in [-0.39, 0.29) is 39.0 Å². The number of amides is 2. The number of nitrogens with one attached hydrogen (secondary N) is 1. The Morgan fingerprint density at radius 3 is 2.12 bits per heavy atom. The summed E-state index contributed by atoms with van der Waals surface area (Å²) >= 11 is 19.1. The van der Waals surface area contributed by atoms with Crippen LogP contribution in [-0.2, 0) is 26.2 Å². The van der Waals surface area contributed by atoms with Gasteiger partial charge in [0.05, 0.1) is 20.6 Å². The highest BCUT2D eigenvalue weighted by Crippen LogP contribution is 2.35. The summed E-state index contributed by atoms with van der Waals surface area (Å²) in [6.45, 7) is 7.11. The molecule has 0 bridgehead atoms. The molecule has 40 heavy (non-hydrogen) atoms. The van der Waals surface area contributed by atoms with E-state index in [9.17, 15) is 18.0 Å². The van der Waals surface area contributed by atoms with Crippen LogP contribution in [0.4, 0.5) is 5.69 Å². The largest absolute Gasteiger partial charge is 0.354 e. The van der Waals surface area contributed by atoms with Gasteiger partial charge in [-0.15, -0.1) is 0 Å². The van der Waals surface area contributed by atoms with Crippen molar-refractivity contribution < 1.29 is 18.0 Å². The highest BCUT2D eigenvalue weighted by Gasteiger charge is 2.34. The molecule has 3 rings (SSSR count). The summed E-state index contributed by atoms with van der Waals surface area (Å²) in [6, 6.07) is 16.8. The number of rotatable bonds is 11. The Kier molecular flexibility index (Phi) is 10.9. The lowest BCUT2D eigenvalue weighted by Gasteiger charge is -2.32. The van der Waals surface area contributed by atoms with Crippen LogP contribution in [0.25, 0.3) is 0 Å². The molecule has 3 aromatic carbocycles. The van der Waals surface area contributed by atoms with Crippen molar-refractivity contribution in [2.45, 2.75) is 45.2 Å². The second kappa shape index (κ2) is 13.7. The number of anilines is 1. The van der Waals surface area contributed by atoms with Crippen molar-refractivity contribution in [1.82, 2.24) is 10.2 Å². The summed E-state index contributed by atoms with van der Waals surface area (Å²) in [6.07, 6.45) is 0. The summed E-state index contributed by atoms with van der Waals surface area (Å²) in [5.41, 5.74) is 1.52. The first kappa shape index (κ1) is 31.7. The molecule has 1 N–H and O–H groups in total. The summed E-state index contributed by atoms with van der Waals surface area (Å²) in [5.74, 6) is -0.800. The van der Waals surface area contributed by atoms with E-state index in [1.165, 1.54) is 29.2 Å². The van der Waals surface area contributed by atoms with Gasteiger partial charge < -0.3 is 10.2 Å². The first-order valence-electron chi connectivity index (χ1n) is 12.7. The highest BCUT2D eigenvalue weighted by atomic mass is 35.5. The second-order valence-corrected chi connectivity index (χ2v) is 12.9. The Morgan fingerprint density at radius 2 is 1.50 bits per heavy atom. The van der Waals surface area contributed by atoms with Crippen LogP contribution in [0, 0.1) is 12.8 Å². The molecule has 11 heteroatoms. The molecule has 0 aliphatic carbocycles. The number of hydrogen-bond donors (Lipinski definition) is 1. The maximum atomic E-state index is 14.0. The fourth-order valence-electron chi connectivity index (χ4n) is 3.88. The number of benzene rings is 3. The van der Waals surface area contributed by atoms with Crippen LogP contribution < -0.4 is 9.62 Å². The van der Waals surface area contributed by atoms with E-state index in [1.807, 2.05) is 20.8 Å². The smallest absolute Gasteiger partial charge is 0.264 e. The lowest BCUT2D eigenvalue weighted by atomic mass is 10.1. The van der Waals surface area contributed by atoms with Crippen LogP contribution >= 0.6 is 34.8 Å². The van der Waals surface area contributed by atoms with Crippen molar-refractivity contribution in [3.63, 3.8) is 0 Å². The van der Waals surface area contributed by atoms with Crippen molar-refractivity contribution in [3.8, 4) is 0 Å². The first-order chi connectivity index (χ1) is 18.8. The summed E-state index contributed by atoms with van der Waals surface area (Å²) in [4.78, 5) is 28.3. The molecule has 7 nitrogen and oxygen atoms in total. The lowest BCUT2D eigenvalue weighted by Crippen LogP contribution is -2.51. The Bertz CT molecular complexity index is 1460. The molecular weight excluding hydrogens is 593 g/mol. The minimum atomic E-state index is -4.27. The number of sulfonamides is 1. The molecule has 0 fully saturated rings. The molecule has 0 unspecified atom stereocenters. The van der Waals surface area contributed by atoms with Gasteiger partial charge in [0.1, 0.15) is 12.6 Å². The molecule has 1 atom stereocenters. The van der Waals surface area contributed by atoms with E-state index in [1.54, 1.807) is 49.4 Å². The topological polar surface area (TPSA) is 86.8 Å². The summed E-state index contributed by atoms with van der Waals surface area (Å²) in [5, 5.41) is 3.37. The van der Waals surface area contributed by atoms with Crippen LogP contribution in [-0.4, -0.2) is 44.3 Å². The van der Waals surface area contributed by atoms with Crippen LogP contribution in [0.1, 0.15) is 31.9 Å². The molecule has 3 aromatic rings. The average molecular weight is 625 g/mol. The maximum absolute atomic E-state index is 14.0. The quantitative estimate of drug-likeness (QED) is 0.270. The van der Waals surface area contributed by atoms with Gasteiger partial charge in [0.15, 0.2) is 0 Å². The highest BCUT2D eigenvalue weighted by molar-refractivity contribution is 7.92. The van der Waals surface area contributed by atoms with E-state index in [0.29, 0.717) is 17.1 Å². The van der Waals surface area contributed by atoms with Gasteiger partial charge in [-0.3, -0.25) is 13.9 Å². The molecule has 0 aliphatic heterocycles. The lowest BCUT2D eigenvalue weighted by molar-refractivity contribution is -0.139. The molecule has 0 aliphatic rings. The van der Waals surface area contributed by atoms with Crippen LogP contribution in [0.15, 0.2) is 71.6 Å². The fraction of sp³-hybridized carbons (Fsp3) is 0.310. The van der Waals surface area contributed by atoms with E-state index in [0.717, 1.165) is 9.87 Å². The third kappa shape index (κ3) is 7.69.